The van der Waals surface area contributed by atoms with E-state index in [2.05, 4.69) is 25.9 Å². The minimum absolute atomic E-state index is 0.0354. The molecule has 11 heteroatoms. The van der Waals surface area contributed by atoms with Crippen LogP contribution in [0.4, 0.5) is 4.39 Å². The molecule has 10 nitrogen and oxygen atoms in total. The number of ether oxygens (including phenoxy) is 1. The first-order valence-electron chi connectivity index (χ1n) is 14.3. The molecule has 6 rings (SSSR count). The fraction of sp³-hybridized carbons (Fsp3) is 0.312. The number of fused-ring (bicyclic) bond motifs is 1. The predicted molar refractivity (Wildman–Crippen MR) is 156 cm³/mol. The van der Waals surface area contributed by atoms with Crippen LogP contribution in [0.3, 0.4) is 0 Å². The largest absolute Gasteiger partial charge is 0.478 e. The summed E-state index contributed by atoms with van der Waals surface area (Å²) in [6, 6.07) is 13.7. The van der Waals surface area contributed by atoms with Gasteiger partial charge in [0.2, 0.25) is 5.88 Å². The molecular formula is C32H32FN7O3. The van der Waals surface area contributed by atoms with Crippen molar-refractivity contribution in [3.05, 3.63) is 107 Å². The molecule has 4 aromatic heterocycles. The summed E-state index contributed by atoms with van der Waals surface area (Å²) in [7, 11) is 0. The van der Waals surface area contributed by atoms with Crippen molar-refractivity contribution in [2.24, 2.45) is 0 Å². The number of carboxylic acids is 1. The predicted octanol–water partition coefficient (Wildman–Crippen LogP) is 5.07. The lowest BCUT2D eigenvalue weighted by Crippen LogP contribution is -2.33. The number of hydrogen-bond donors (Lipinski definition) is 1. The number of halogens is 1. The number of benzene rings is 1. The quantitative estimate of drug-likeness (QED) is 0.245. The molecule has 1 fully saturated rings. The molecule has 5 aromatic rings. The molecule has 0 unspecified atom stereocenters. The van der Waals surface area contributed by atoms with E-state index in [9.17, 15) is 14.3 Å². The summed E-state index contributed by atoms with van der Waals surface area (Å²) in [4.78, 5) is 23.1. The molecule has 1 N–H and O–H groups in total. The van der Waals surface area contributed by atoms with E-state index in [0.29, 0.717) is 18.0 Å². The number of likely N-dealkylation sites (tertiary alicyclic amines) is 1. The van der Waals surface area contributed by atoms with Gasteiger partial charge in [0.1, 0.15) is 18.1 Å². The zero-order valence-electron chi connectivity index (χ0n) is 23.9. The number of nitriles is 1. The zero-order valence-corrected chi connectivity index (χ0v) is 23.9. The molecule has 0 bridgehead atoms. The van der Waals surface area contributed by atoms with Crippen molar-refractivity contribution in [3.8, 4) is 11.9 Å². The molecule has 220 valence electrons. The molecule has 1 saturated heterocycles. The highest BCUT2D eigenvalue weighted by molar-refractivity contribution is 5.89. The van der Waals surface area contributed by atoms with E-state index >= 15 is 0 Å². The Morgan fingerprint density at radius 1 is 1.14 bits per heavy atom. The maximum absolute atomic E-state index is 14.3. The Labute approximate surface area is 248 Å². The van der Waals surface area contributed by atoms with Crippen LogP contribution in [0.2, 0.25) is 0 Å². The molecule has 1 aliphatic heterocycles. The van der Waals surface area contributed by atoms with E-state index in [1.807, 2.05) is 41.3 Å². The van der Waals surface area contributed by atoms with Crippen LogP contribution in [0, 0.1) is 17.1 Å². The second-order valence-electron chi connectivity index (χ2n) is 10.8. The van der Waals surface area contributed by atoms with Crippen molar-refractivity contribution in [2.45, 2.75) is 51.9 Å². The van der Waals surface area contributed by atoms with Crippen LogP contribution in [0.5, 0.6) is 5.88 Å². The van der Waals surface area contributed by atoms with E-state index in [1.54, 1.807) is 30.5 Å². The minimum atomic E-state index is -0.943. The van der Waals surface area contributed by atoms with E-state index in [1.165, 1.54) is 6.07 Å². The summed E-state index contributed by atoms with van der Waals surface area (Å²) < 4.78 is 26.2. The molecule has 0 saturated carbocycles. The summed E-state index contributed by atoms with van der Waals surface area (Å²) in [5.74, 6) is -0.679. The fourth-order valence-corrected chi connectivity index (χ4v) is 5.76. The van der Waals surface area contributed by atoms with Crippen molar-refractivity contribution in [3.63, 3.8) is 0 Å². The van der Waals surface area contributed by atoms with E-state index in [4.69, 9.17) is 15.0 Å². The number of nitrogens with zero attached hydrogens (tertiary/aromatic N) is 7. The number of pyridine rings is 1. The number of carbonyl (C=O) groups is 1. The van der Waals surface area contributed by atoms with Crippen LogP contribution in [-0.4, -0.2) is 52.6 Å². The van der Waals surface area contributed by atoms with Crippen molar-refractivity contribution >= 4 is 11.6 Å². The minimum Gasteiger partial charge on any atom is -0.478 e. The number of imidazole rings is 2. The number of rotatable bonds is 10. The third-order valence-corrected chi connectivity index (χ3v) is 8.14. The smallest absolute Gasteiger partial charge is 0.337 e. The molecule has 0 amide bonds. The van der Waals surface area contributed by atoms with Gasteiger partial charge in [0, 0.05) is 54.9 Å². The van der Waals surface area contributed by atoms with Crippen LogP contribution in [0.25, 0.3) is 5.65 Å². The first kappa shape index (κ1) is 28.2. The third kappa shape index (κ3) is 6.01. The summed E-state index contributed by atoms with van der Waals surface area (Å²) in [6.45, 7) is 6.04. The Morgan fingerprint density at radius 3 is 2.72 bits per heavy atom. The zero-order chi connectivity index (χ0) is 29.9. The monoisotopic (exact) mass is 581 g/mol. The van der Waals surface area contributed by atoms with E-state index in [0.717, 1.165) is 61.7 Å². The van der Waals surface area contributed by atoms with Gasteiger partial charge in [0.05, 0.1) is 41.5 Å². The highest BCUT2D eigenvalue weighted by Crippen LogP contribution is 2.29. The highest BCUT2D eigenvalue weighted by atomic mass is 19.1. The number of aromatic carboxylic acids is 1. The lowest BCUT2D eigenvalue weighted by molar-refractivity contribution is 0.0697. The third-order valence-electron chi connectivity index (χ3n) is 8.14. The van der Waals surface area contributed by atoms with Gasteiger partial charge in [-0.15, -0.1) is 0 Å². The summed E-state index contributed by atoms with van der Waals surface area (Å²) in [5.41, 5.74) is 4.89. The van der Waals surface area contributed by atoms with E-state index in [-0.39, 0.29) is 23.7 Å². The molecule has 43 heavy (non-hydrogen) atoms. The van der Waals surface area contributed by atoms with Gasteiger partial charge < -0.3 is 23.4 Å². The molecule has 1 aromatic carbocycles. The van der Waals surface area contributed by atoms with Crippen LogP contribution < -0.4 is 4.74 Å². The first-order chi connectivity index (χ1) is 20.9. The Bertz CT molecular complexity index is 1810. The molecular weight excluding hydrogens is 549 g/mol. The van der Waals surface area contributed by atoms with Crippen molar-refractivity contribution in [1.29, 1.82) is 5.26 Å². The second-order valence-corrected chi connectivity index (χ2v) is 10.8. The summed E-state index contributed by atoms with van der Waals surface area (Å²) >= 11 is 0. The van der Waals surface area contributed by atoms with Gasteiger partial charge in [-0.05, 0) is 57.1 Å². The second kappa shape index (κ2) is 12.1. The molecule has 0 aliphatic carbocycles. The number of hydrogen-bond acceptors (Lipinski definition) is 6. The van der Waals surface area contributed by atoms with E-state index < -0.39 is 11.8 Å². The van der Waals surface area contributed by atoms with Gasteiger partial charge in [-0.25, -0.2) is 19.2 Å². The standard InChI is InChI=1S/C32H32FN7O3/c1-2-38-21-35-15-26(38)19-40-27(18-39-16-25(32(41)42)13-31(39)40)17-37-10-8-23(9-11-37)29-4-3-5-30(36-29)43-20-24-7-6-22(14-34)12-28(24)33/h3-7,12-13,15-16,18,21,23H,2,8-11,17,19-20H2,1H3,(H,41,42). The van der Waals surface area contributed by atoms with Crippen molar-refractivity contribution in [1.82, 2.24) is 28.4 Å². The van der Waals surface area contributed by atoms with Crippen LogP contribution in [0.1, 0.15) is 64.2 Å². The lowest BCUT2D eigenvalue weighted by atomic mass is 9.93. The lowest BCUT2D eigenvalue weighted by Gasteiger charge is -2.32. The Morgan fingerprint density at radius 2 is 1.98 bits per heavy atom. The van der Waals surface area contributed by atoms with Gasteiger partial charge >= 0.3 is 5.97 Å². The van der Waals surface area contributed by atoms with Crippen molar-refractivity contribution < 1.29 is 19.0 Å². The molecule has 0 spiro atoms. The number of piperidine rings is 1. The molecule has 0 atom stereocenters. The number of aromatic nitrogens is 5. The molecule has 5 heterocycles. The average Bonchev–Trinajstić information content (AvgIpc) is 3.73. The van der Waals surface area contributed by atoms with Gasteiger partial charge in [0.25, 0.3) is 0 Å². The Balaban J connectivity index is 1.12. The normalized spacial score (nSPS) is 14.3. The first-order valence-corrected chi connectivity index (χ1v) is 14.3. The average molecular weight is 582 g/mol. The summed E-state index contributed by atoms with van der Waals surface area (Å²) in [5, 5.41) is 18.5. The summed E-state index contributed by atoms with van der Waals surface area (Å²) in [6.07, 6.45) is 9.25. The maximum atomic E-state index is 14.3. The Hall–Kier alpha value is -4.95. The van der Waals surface area contributed by atoms with Gasteiger partial charge in [-0.2, -0.15) is 5.26 Å². The van der Waals surface area contributed by atoms with Gasteiger partial charge in [0.15, 0.2) is 0 Å². The number of aryl methyl sites for hydroxylation is 1. The molecule has 0 radical (unpaired) electrons. The van der Waals surface area contributed by atoms with Crippen LogP contribution in [0.15, 0.2) is 67.4 Å². The van der Waals surface area contributed by atoms with Gasteiger partial charge in [-0.1, -0.05) is 12.1 Å². The number of carboxylic acid groups (broad SMARTS) is 1. The topological polar surface area (TPSA) is 114 Å². The Kier molecular flexibility index (Phi) is 7.94. The van der Waals surface area contributed by atoms with Gasteiger partial charge in [-0.3, -0.25) is 4.90 Å². The molecule has 1 aliphatic rings. The maximum Gasteiger partial charge on any atom is 0.337 e. The van der Waals surface area contributed by atoms with Crippen molar-refractivity contribution in [2.75, 3.05) is 13.1 Å². The van der Waals surface area contributed by atoms with Crippen LogP contribution >= 0.6 is 0 Å². The highest BCUT2D eigenvalue weighted by Gasteiger charge is 2.24. The fourth-order valence-electron chi connectivity index (χ4n) is 5.76. The SMILES string of the molecule is CCn1cncc1Cn1c(CN2CCC(c3cccc(OCc4ccc(C#N)cc4F)n3)CC2)cn2cc(C(=O)O)cc12. The van der Waals surface area contributed by atoms with Crippen LogP contribution in [-0.2, 0) is 26.2 Å².